The summed E-state index contributed by atoms with van der Waals surface area (Å²) in [5, 5.41) is -0.191. The average Bonchev–Trinajstić information content (AvgIpc) is 2.85. The number of aryl methyl sites for hydroxylation is 1. The van der Waals surface area contributed by atoms with Crippen molar-refractivity contribution in [3.8, 4) is 11.3 Å². The minimum absolute atomic E-state index is 0.127. The molecule has 1 fully saturated rings. The zero-order valence-electron chi connectivity index (χ0n) is 17.4. The van der Waals surface area contributed by atoms with Gasteiger partial charge in [0.1, 0.15) is 17.5 Å². The lowest BCUT2D eigenvalue weighted by atomic mass is 10.1. The van der Waals surface area contributed by atoms with Gasteiger partial charge in [0, 0.05) is 43.5 Å². The zero-order chi connectivity index (χ0) is 22.1. The van der Waals surface area contributed by atoms with E-state index < -0.39 is 11.6 Å². The Kier molecular flexibility index (Phi) is 5.89. The number of hydrogen-bond donors (Lipinski definition) is 0. The van der Waals surface area contributed by atoms with Crippen LogP contribution in [0.4, 0.5) is 20.4 Å². The van der Waals surface area contributed by atoms with Crippen LogP contribution in [0.2, 0.25) is 5.02 Å². The molecule has 32 heavy (non-hydrogen) atoms. The molecule has 5 rings (SSSR count). The van der Waals surface area contributed by atoms with Gasteiger partial charge in [-0.1, -0.05) is 11.6 Å². The molecule has 4 heterocycles. The smallest absolute Gasteiger partial charge is 0.151 e. The Labute approximate surface area is 189 Å². The number of morpholine rings is 1. The summed E-state index contributed by atoms with van der Waals surface area (Å²) in [5.74, 6) is 0.411. The first-order valence-corrected chi connectivity index (χ1v) is 11.0. The highest BCUT2D eigenvalue weighted by Gasteiger charge is 2.24. The third kappa shape index (κ3) is 4.12. The SMILES string of the molecule is Fc1ccc(F)c(CN2CCCc3ncc(-c4ccc(N5CCOCC5)nc4)nc32)c1Cl. The molecule has 6 nitrogen and oxygen atoms in total. The lowest BCUT2D eigenvalue weighted by Gasteiger charge is -2.30. The summed E-state index contributed by atoms with van der Waals surface area (Å²) in [6, 6.07) is 6.09. The van der Waals surface area contributed by atoms with Crippen LogP contribution in [0.15, 0.2) is 36.7 Å². The molecule has 2 aliphatic heterocycles. The number of aromatic nitrogens is 3. The summed E-state index contributed by atoms with van der Waals surface area (Å²) >= 11 is 6.05. The second-order valence-electron chi connectivity index (χ2n) is 7.88. The summed E-state index contributed by atoms with van der Waals surface area (Å²) in [4.78, 5) is 18.1. The van der Waals surface area contributed by atoms with E-state index in [1.165, 1.54) is 0 Å². The molecule has 1 aromatic carbocycles. The number of hydrogen-bond acceptors (Lipinski definition) is 6. The topological polar surface area (TPSA) is 54.4 Å². The van der Waals surface area contributed by atoms with Gasteiger partial charge in [-0.2, -0.15) is 0 Å². The van der Waals surface area contributed by atoms with Crippen LogP contribution >= 0.6 is 11.6 Å². The third-order valence-corrected chi connectivity index (χ3v) is 6.24. The highest BCUT2D eigenvalue weighted by atomic mass is 35.5. The maximum absolute atomic E-state index is 14.4. The number of benzene rings is 1. The third-order valence-electron chi connectivity index (χ3n) is 5.83. The van der Waals surface area contributed by atoms with E-state index >= 15 is 0 Å². The first kappa shape index (κ1) is 21.0. The predicted octanol–water partition coefficient (Wildman–Crippen LogP) is 4.26. The maximum atomic E-state index is 14.4. The first-order chi connectivity index (χ1) is 15.6. The number of rotatable bonds is 4. The Bertz CT molecular complexity index is 1120. The van der Waals surface area contributed by atoms with Crippen LogP contribution in [0, 0.1) is 11.6 Å². The fourth-order valence-corrected chi connectivity index (χ4v) is 4.31. The summed E-state index contributed by atoms with van der Waals surface area (Å²) in [6.45, 7) is 3.82. The van der Waals surface area contributed by atoms with E-state index in [4.69, 9.17) is 21.3 Å². The highest BCUT2D eigenvalue weighted by Crippen LogP contribution is 2.31. The molecule has 9 heteroatoms. The van der Waals surface area contributed by atoms with Crippen molar-refractivity contribution in [1.29, 1.82) is 0 Å². The van der Waals surface area contributed by atoms with Crippen LogP contribution in [-0.2, 0) is 17.7 Å². The summed E-state index contributed by atoms with van der Waals surface area (Å²) in [7, 11) is 0. The Hall–Kier alpha value is -2.84. The van der Waals surface area contributed by atoms with Gasteiger partial charge in [0.25, 0.3) is 0 Å². The van der Waals surface area contributed by atoms with Gasteiger partial charge in [-0.25, -0.2) is 18.7 Å². The van der Waals surface area contributed by atoms with E-state index in [9.17, 15) is 8.78 Å². The molecule has 0 atom stereocenters. The van der Waals surface area contributed by atoms with E-state index in [0.717, 1.165) is 55.1 Å². The van der Waals surface area contributed by atoms with Crippen molar-refractivity contribution in [2.75, 3.05) is 42.6 Å². The molecule has 2 aliphatic rings. The molecular formula is C23H22ClF2N5O. The Morgan fingerprint density at radius 1 is 0.969 bits per heavy atom. The van der Waals surface area contributed by atoms with Crippen molar-refractivity contribution in [3.63, 3.8) is 0 Å². The van der Waals surface area contributed by atoms with Gasteiger partial charge in [-0.3, -0.25) is 4.98 Å². The molecule has 0 amide bonds. The fourth-order valence-electron chi connectivity index (χ4n) is 4.09. The standard InChI is InChI=1S/C23H22ClF2N5O/c24-22-16(17(25)4-5-18(22)26)14-31-7-1-2-19-23(31)29-20(13-27-19)15-3-6-21(28-12-15)30-8-10-32-11-9-30/h3-6,12-13H,1-2,7-11,14H2. The monoisotopic (exact) mass is 457 g/mol. The van der Waals surface area contributed by atoms with E-state index in [-0.39, 0.29) is 17.1 Å². The first-order valence-electron chi connectivity index (χ1n) is 10.6. The van der Waals surface area contributed by atoms with Crippen LogP contribution in [0.1, 0.15) is 17.7 Å². The maximum Gasteiger partial charge on any atom is 0.151 e. The van der Waals surface area contributed by atoms with Gasteiger partial charge in [0.15, 0.2) is 5.82 Å². The number of anilines is 2. The summed E-state index contributed by atoms with van der Waals surface area (Å²) in [5.41, 5.74) is 2.49. The van der Waals surface area contributed by atoms with Crippen LogP contribution in [0.5, 0.6) is 0 Å². The number of pyridine rings is 1. The minimum atomic E-state index is -0.633. The number of halogens is 3. The molecule has 0 spiro atoms. The van der Waals surface area contributed by atoms with E-state index in [2.05, 4.69) is 14.9 Å². The second kappa shape index (κ2) is 8.96. The van der Waals surface area contributed by atoms with Crippen molar-refractivity contribution in [1.82, 2.24) is 15.0 Å². The van der Waals surface area contributed by atoms with Gasteiger partial charge in [-0.05, 0) is 37.1 Å². The van der Waals surface area contributed by atoms with E-state index in [1.54, 1.807) is 12.4 Å². The lowest BCUT2D eigenvalue weighted by Crippen LogP contribution is -2.36. The number of ether oxygens (including phenoxy) is 1. The van der Waals surface area contributed by atoms with Gasteiger partial charge < -0.3 is 14.5 Å². The average molecular weight is 458 g/mol. The Balaban J connectivity index is 1.42. The summed E-state index contributed by atoms with van der Waals surface area (Å²) < 4.78 is 33.7. The lowest BCUT2D eigenvalue weighted by molar-refractivity contribution is 0.122. The summed E-state index contributed by atoms with van der Waals surface area (Å²) in [6.07, 6.45) is 5.17. The molecule has 0 bridgehead atoms. The molecule has 1 saturated heterocycles. The molecule has 0 unspecified atom stereocenters. The zero-order valence-corrected chi connectivity index (χ0v) is 18.2. The van der Waals surface area contributed by atoms with Crippen LogP contribution < -0.4 is 9.80 Å². The molecule has 166 valence electrons. The van der Waals surface area contributed by atoms with Gasteiger partial charge >= 0.3 is 0 Å². The molecule has 0 radical (unpaired) electrons. The normalized spacial score (nSPS) is 16.2. The van der Waals surface area contributed by atoms with Crippen LogP contribution in [0.3, 0.4) is 0 Å². The van der Waals surface area contributed by atoms with E-state index in [1.807, 2.05) is 17.0 Å². The molecule has 3 aromatic rings. The fraction of sp³-hybridized carbons (Fsp3) is 0.348. The second-order valence-corrected chi connectivity index (χ2v) is 8.25. The molecule has 2 aromatic heterocycles. The number of nitrogens with zero attached hydrogens (tertiary/aromatic N) is 5. The molecule has 0 aliphatic carbocycles. The van der Waals surface area contributed by atoms with Crippen molar-refractivity contribution in [3.05, 3.63) is 64.6 Å². The molecule has 0 saturated carbocycles. The Morgan fingerprint density at radius 3 is 2.56 bits per heavy atom. The Morgan fingerprint density at radius 2 is 1.78 bits per heavy atom. The van der Waals surface area contributed by atoms with E-state index in [0.29, 0.717) is 31.3 Å². The highest BCUT2D eigenvalue weighted by molar-refractivity contribution is 6.31. The minimum Gasteiger partial charge on any atom is -0.378 e. The van der Waals surface area contributed by atoms with Gasteiger partial charge in [-0.15, -0.1) is 0 Å². The van der Waals surface area contributed by atoms with Crippen molar-refractivity contribution in [2.24, 2.45) is 0 Å². The van der Waals surface area contributed by atoms with Gasteiger partial charge in [0.05, 0.1) is 35.8 Å². The van der Waals surface area contributed by atoms with Gasteiger partial charge in [0.2, 0.25) is 0 Å². The quantitative estimate of drug-likeness (QED) is 0.546. The van der Waals surface area contributed by atoms with Crippen molar-refractivity contribution >= 4 is 23.2 Å². The van der Waals surface area contributed by atoms with Crippen molar-refractivity contribution in [2.45, 2.75) is 19.4 Å². The molecule has 0 N–H and O–H groups in total. The predicted molar refractivity (Wildman–Crippen MR) is 119 cm³/mol. The van der Waals surface area contributed by atoms with Crippen molar-refractivity contribution < 1.29 is 13.5 Å². The largest absolute Gasteiger partial charge is 0.378 e. The number of fused-ring (bicyclic) bond motifs is 1. The van der Waals surface area contributed by atoms with Crippen LogP contribution in [0.25, 0.3) is 11.3 Å². The van der Waals surface area contributed by atoms with Crippen LogP contribution in [-0.4, -0.2) is 47.8 Å². The molecular weight excluding hydrogens is 436 g/mol.